The number of sulfonamides is 1. The largest absolute Gasteiger partial charge is 0.438 e. The van der Waals surface area contributed by atoms with Gasteiger partial charge in [-0.3, -0.25) is 4.79 Å². The zero-order chi connectivity index (χ0) is 15.9. The first-order valence-electron chi connectivity index (χ1n) is 6.36. The molecule has 7 nitrogen and oxygen atoms in total. The first-order chi connectivity index (χ1) is 10.3. The molecule has 0 radical (unpaired) electrons. The van der Waals surface area contributed by atoms with E-state index in [2.05, 4.69) is 10.3 Å². The normalized spacial score (nSPS) is 11.7. The number of amides is 1. The Labute approximate surface area is 126 Å². The number of aryl methyl sites for hydroxylation is 1. The summed E-state index contributed by atoms with van der Waals surface area (Å²) in [5.74, 6) is -0.684. The Morgan fingerprint density at radius 3 is 2.68 bits per heavy atom. The van der Waals surface area contributed by atoms with Crippen LogP contribution in [0.3, 0.4) is 0 Å². The Morgan fingerprint density at radius 2 is 2.00 bits per heavy atom. The molecule has 3 rings (SSSR count). The third-order valence-corrected chi connectivity index (χ3v) is 3.88. The van der Waals surface area contributed by atoms with Gasteiger partial charge in [0, 0.05) is 22.3 Å². The lowest BCUT2D eigenvalue weighted by Gasteiger charge is -2.03. The second-order valence-corrected chi connectivity index (χ2v) is 6.36. The third kappa shape index (κ3) is 2.74. The van der Waals surface area contributed by atoms with Crippen molar-refractivity contribution in [3.05, 3.63) is 47.9 Å². The predicted molar refractivity (Wildman–Crippen MR) is 81.1 cm³/mol. The van der Waals surface area contributed by atoms with Gasteiger partial charge >= 0.3 is 0 Å². The molecule has 1 amide bonds. The summed E-state index contributed by atoms with van der Waals surface area (Å²) in [7, 11) is -3.97. The summed E-state index contributed by atoms with van der Waals surface area (Å²) in [6, 6.07) is 9.74. The van der Waals surface area contributed by atoms with E-state index < -0.39 is 21.0 Å². The Kier molecular flexibility index (Phi) is 3.27. The maximum absolute atomic E-state index is 12.0. The van der Waals surface area contributed by atoms with Crippen LogP contribution in [0.5, 0.6) is 0 Å². The number of aromatic nitrogens is 1. The smallest absolute Gasteiger partial charge is 0.291 e. The lowest BCUT2D eigenvalue weighted by Crippen LogP contribution is -2.12. The van der Waals surface area contributed by atoms with Gasteiger partial charge in [-0.2, -0.15) is 0 Å². The zero-order valence-corrected chi connectivity index (χ0v) is 12.4. The van der Waals surface area contributed by atoms with Crippen LogP contribution in [0.2, 0.25) is 0 Å². The van der Waals surface area contributed by atoms with Gasteiger partial charge in [0.15, 0.2) is 5.76 Å². The number of aromatic amines is 1. The standard InChI is InChI=1S/C14H13N3O4S/c1-8-6-9-7-10(2-3-11(9)16-8)17-14(18)12-4-5-13(21-12)22(15,19)20/h2-7,16H,1H3,(H,17,18)(H2,15,19,20). The minimum atomic E-state index is -3.97. The molecule has 0 aliphatic rings. The maximum atomic E-state index is 12.0. The number of H-pyrrole nitrogens is 1. The van der Waals surface area contributed by atoms with E-state index in [-0.39, 0.29) is 5.76 Å². The van der Waals surface area contributed by atoms with Gasteiger partial charge in [0.05, 0.1) is 0 Å². The summed E-state index contributed by atoms with van der Waals surface area (Å²) in [6.45, 7) is 1.94. The molecule has 1 aromatic carbocycles. The molecule has 0 unspecified atom stereocenters. The van der Waals surface area contributed by atoms with E-state index in [4.69, 9.17) is 9.56 Å². The highest BCUT2D eigenvalue weighted by atomic mass is 32.2. The van der Waals surface area contributed by atoms with Crippen LogP contribution in [0.1, 0.15) is 16.2 Å². The van der Waals surface area contributed by atoms with Crippen molar-refractivity contribution in [1.29, 1.82) is 0 Å². The number of nitrogens with two attached hydrogens (primary N) is 1. The predicted octanol–water partition coefficient (Wildman–Crippen LogP) is 1.97. The molecule has 0 saturated heterocycles. The van der Waals surface area contributed by atoms with Crippen LogP contribution in [-0.4, -0.2) is 19.3 Å². The van der Waals surface area contributed by atoms with Crippen molar-refractivity contribution in [1.82, 2.24) is 4.98 Å². The summed E-state index contributed by atoms with van der Waals surface area (Å²) < 4.78 is 27.2. The van der Waals surface area contributed by atoms with Crippen LogP contribution in [-0.2, 0) is 10.0 Å². The molecule has 0 atom stereocenters. The number of fused-ring (bicyclic) bond motifs is 1. The van der Waals surface area contributed by atoms with E-state index in [1.807, 2.05) is 19.1 Å². The number of primary sulfonamides is 1. The first-order valence-corrected chi connectivity index (χ1v) is 7.91. The molecule has 22 heavy (non-hydrogen) atoms. The van der Waals surface area contributed by atoms with Gasteiger partial charge in [-0.1, -0.05) is 0 Å². The zero-order valence-electron chi connectivity index (χ0n) is 11.6. The summed E-state index contributed by atoms with van der Waals surface area (Å²) in [5, 5.41) is 8.08. The fourth-order valence-electron chi connectivity index (χ4n) is 2.14. The number of anilines is 1. The molecular formula is C14H13N3O4S. The van der Waals surface area contributed by atoms with Gasteiger partial charge in [-0.25, -0.2) is 13.6 Å². The second kappa shape index (κ2) is 5.00. The average molecular weight is 319 g/mol. The van der Waals surface area contributed by atoms with Crippen LogP contribution in [0.4, 0.5) is 5.69 Å². The van der Waals surface area contributed by atoms with Crippen molar-refractivity contribution < 1.29 is 17.6 Å². The highest BCUT2D eigenvalue weighted by Crippen LogP contribution is 2.21. The molecule has 8 heteroatoms. The monoisotopic (exact) mass is 319 g/mol. The molecule has 0 aliphatic carbocycles. The number of rotatable bonds is 3. The molecule has 0 saturated carbocycles. The van der Waals surface area contributed by atoms with Crippen molar-refractivity contribution in [2.24, 2.45) is 5.14 Å². The Balaban J connectivity index is 1.84. The van der Waals surface area contributed by atoms with E-state index >= 15 is 0 Å². The maximum Gasteiger partial charge on any atom is 0.291 e. The number of benzene rings is 1. The van der Waals surface area contributed by atoms with Crippen LogP contribution in [0.25, 0.3) is 10.9 Å². The van der Waals surface area contributed by atoms with Gasteiger partial charge in [-0.15, -0.1) is 0 Å². The van der Waals surface area contributed by atoms with Gasteiger partial charge in [0.1, 0.15) is 0 Å². The Bertz CT molecular complexity index is 969. The van der Waals surface area contributed by atoms with Crippen LogP contribution >= 0.6 is 0 Å². The van der Waals surface area contributed by atoms with Crippen molar-refractivity contribution in [3.8, 4) is 0 Å². The molecule has 3 aromatic rings. The van der Waals surface area contributed by atoms with Gasteiger partial charge < -0.3 is 14.7 Å². The summed E-state index contributed by atoms with van der Waals surface area (Å²) >= 11 is 0. The van der Waals surface area contributed by atoms with Gasteiger partial charge in [0.2, 0.25) is 5.09 Å². The van der Waals surface area contributed by atoms with Crippen molar-refractivity contribution in [2.75, 3.05) is 5.32 Å². The molecule has 0 bridgehead atoms. The van der Waals surface area contributed by atoms with Crippen LogP contribution in [0.15, 0.2) is 45.9 Å². The lowest BCUT2D eigenvalue weighted by molar-refractivity contribution is 0.0991. The van der Waals surface area contributed by atoms with Crippen LogP contribution < -0.4 is 10.5 Å². The second-order valence-electron chi connectivity index (χ2n) is 4.87. The topological polar surface area (TPSA) is 118 Å². The first kappa shape index (κ1) is 14.4. The molecule has 0 spiro atoms. The molecular weight excluding hydrogens is 306 g/mol. The van der Waals surface area contributed by atoms with Crippen LogP contribution in [0, 0.1) is 6.92 Å². The molecule has 2 aromatic heterocycles. The molecule has 0 fully saturated rings. The number of nitrogens with one attached hydrogen (secondary N) is 2. The summed E-state index contributed by atoms with van der Waals surface area (Å²) in [4.78, 5) is 15.2. The van der Waals surface area contributed by atoms with E-state index in [1.165, 1.54) is 6.07 Å². The van der Waals surface area contributed by atoms with E-state index in [1.54, 1.807) is 12.1 Å². The Morgan fingerprint density at radius 1 is 1.23 bits per heavy atom. The number of carbonyl (C=O) groups is 1. The number of carbonyl (C=O) groups excluding carboxylic acids is 1. The molecule has 4 N–H and O–H groups in total. The number of furan rings is 1. The Hall–Kier alpha value is -2.58. The number of hydrogen-bond acceptors (Lipinski definition) is 4. The fraction of sp³-hybridized carbons (Fsp3) is 0.0714. The minimum absolute atomic E-state index is 0.130. The molecule has 2 heterocycles. The highest BCUT2D eigenvalue weighted by Gasteiger charge is 2.17. The minimum Gasteiger partial charge on any atom is -0.438 e. The molecule has 114 valence electrons. The average Bonchev–Trinajstić information content (AvgIpc) is 3.02. The van der Waals surface area contributed by atoms with Crippen molar-refractivity contribution in [3.63, 3.8) is 0 Å². The third-order valence-electron chi connectivity index (χ3n) is 3.10. The van der Waals surface area contributed by atoms with E-state index in [0.717, 1.165) is 22.7 Å². The molecule has 0 aliphatic heterocycles. The number of hydrogen-bond donors (Lipinski definition) is 3. The van der Waals surface area contributed by atoms with Crippen molar-refractivity contribution in [2.45, 2.75) is 12.0 Å². The van der Waals surface area contributed by atoms with Crippen molar-refractivity contribution >= 4 is 32.5 Å². The van der Waals surface area contributed by atoms with Gasteiger partial charge in [-0.05, 0) is 43.3 Å². The quantitative estimate of drug-likeness (QED) is 0.684. The lowest BCUT2D eigenvalue weighted by atomic mass is 10.2. The highest BCUT2D eigenvalue weighted by molar-refractivity contribution is 7.89. The summed E-state index contributed by atoms with van der Waals surface area (Å²) in [5.41, 5.74) is 2.55. The summed E-state index contributed by atoms with van der Waals surface area (Å²) in [6.07, 6.45) is 0. The SMILES string of the molecule is Cc1cc2cc(NC(=O)c3ccc(S(N)(=O)=O)o3)ccc2[nH]1. The van der Waals surface area contributed by atoms with E-state index in [9.17, 15) is 13.2 Å². The van der Waals surface area contributed by atoms with E-state index in [0.29, 0.717) is 5.69 Å². The van der Waals surface area contributed by atoms with Gasteiger partial charge in [0.25, 0.3) is 15.9 Å². The fourth-order valence-corrected chi connectivity index (χ4v) is 2.61.